The van der Waals surface area contributed by atoms with E-state index < -0.39 is 8.32 Å². The third-order valence-corrected chi connectivity index (χ3v) is 11.3. The van der Waals surface area contributed by atoms with Crippen LogP contribution in [0.25, 0.3) is 0 Å². The topological polar surface area (TPSA) is 38.7 Å². The molecule has 0 aliphatic heterocycles. The molecule has 0 amide bonds. The van der Waals surface area contributed by atoms with E-state index in [0.717, 1.165) is 38.7 Å². The molecule has 4 heteroatoms. The molecule has 0 unspecified atom stereocenters. The number of hydrogen-bond acceptors (Lipinski definition) is 3. The summed E-state index contributed by atoms with van der Waals surface area (Å²) < 4.78 is 12.2. The first-order valence-electron chi connectivity index (χ1n) is 11.3. The number of benzene rings is 1. The number of aliphatic hydroxyl groups is 1. The van der Waals surface area contributed by atoms with Crippen LogP contribution >= 0.6 is 0 Å². The Labute approximate surface area is 179 Å². The van der Waals surface area contributed by atoms with E-state index in [9.17, 15) is 5.11 Å². The van der Waals surface area contributed by atoms with Crippen molar-refractivity contribution in [1.82, 2.24) is 0 Å². The van der Waals surface area contributed by atoms with E-state index in [1.165, 1.54) is 5.56 Å². The molecule has 0 spiro atoms. The molecule has 0 saturated heterocycles. The second kappa shape index (κ2) is 11.4. The molecular formula is C25H42O3Si. The Bertz CT molecular complexity index is 606. The minimum absolute atomic E-state index is 0.137. The summed E-state index contributed by atoms with van der Waals surface area (Å²) >= 11 is 0. The normalized spacial score (nSPS) is 23.6. The molecule has 0 bridgehead atoms. The van der Waals surface area contributed by atoms with Crippen molar-refractivity contribution in [2.75, 3.05) is 13.2 Å². The zero-order valence-corrected chi connectivity index (χ0v) is 20.2. The van der Waals surface area contributed by atoms with Gasteiger partial charge < -0.3 is 14.3 Å². The second-order valence-corrected chi connectivity index (χ2v) is 14.9. The molecule has 1 saturated carbocycles. The van der Waals surface area contributed by atoms with Crippen LogP contribution in [0.5, 0.6) is 0 Å². The van der Waals surface area contributed by atoms with Gasteiger partial charge in [0.1, 0.15) is 0 Å². The van der Waals surface area contributed by atoms with E-state index >= 15 is 0 Å². The lowest BCUT2D eigenvalue weighted by Gasteiger charge is -2.40. The molecule has 2 rings (SSSR count). The monoisotopic (exact) mass is 418 g/mol. The van der Waals surface area contributed by atoms with Crippen molar-refractivity contribution in [2.24, 2.45) is 11.8 Å². The van der Waals surface area contributed by atoms with Crippen molar-refractivity contribution < 1.29 is 14.3 Å². The van der Waals surface area contributed by atoms with E-state index in [0.29, 0.717) is 25.0 Å². The first kappa shape index (κ1) is 24.3. The molecule has 0 aromatic heterocycles. The Balaban J connectivity index is 1.72. The molecule has 1 aromatic carbocycles. The van der Waals surface area contributed by atoms with E-state index in [1.807, 2.05) is 18.2 Å². The average Bonchev–Trinajstić information content (AvgIpc) is 2.66. The quantitative estimate of drug-likeness (QED) is 0.274. The summed E-state index contributed by atoms with van der Waals surface area (Å²) in [5.41, 5.74) is 1.21. The zero-order chi connectivity index (χ0) is 21.3. The predicted molar refractivity (Wildman–Crippen MR) is 124 cm³/mol. The van der Waals surface area contributed by atoms with Crippen LogP contribution in [0.4, 0.5) is 0 Å². The maximum Gasteiger partial charge on any atom is 0.191 e. The van der Waals surface area contributed by atoms with Crippen LogP contribution in [0, 0.1) is 11.8 Å². The highest BCUT2D eigenvalue weighted by atomic mass is 28.4. The summed E-state index contributed by atoms with van der Waals surface area (Å²) in [6, 6.07) is 10.3. The van der Waals surface area contributed by atoms with Crippen molar-refractivity contribution in [3.8, 4) is 0 Å². The Morgan fingerprint density at radius 3 is 2.48 bits per heavy atom. The summed E-state index contributed by atoms with van der Waals surface area (Å²) in [6.45, 7) is 13.7. The highest BCUT2D eigenvalue weighted by molar-refractivity contribution is 6.74. The summed E-state index contributed by atoms with van der Waals surface area (Å²) in [4.78, 5) is 0. The van der Waals surface area contributed by atoms with Crippen LogP contribution in [-0.4, -0.2) is 32.7 Å². The van der Waals surface area contributed by atoms with Gasteiger partial charge in [-0.05, 0) is 67.6 Å². The Morgan fingerprint density at radius 1 is 1.07 bits per heavy atom. The van der Waals surface area contributed by atoms with Crippen LogP contribution in [0.2, 0.25) is 18.1 Å². The zero-order valence-electron chi connectivity index (χ0n) is 19.2. The highest BCUT2D eigenvalue weighted by Crippen LogP contribution is 2.39. The number of allylic oxidation sites excluding steroid dienone is 1. The predicted octanol–water partition coefficient (Wildman–Crippen LogP) is 6.34. The summed E-state index contributed by atoms with van der Waals surface area (Å²) in [7, 11) is -1.71. The number of aliphatic hydroxyl groups excluding tert-OH is 1. The summed E-state index contributed by atoms with van der Waals surface area (Å²) in [5.74, 6) is 1.13. The maximum absolute atomic E-state index is 10.2. The van der Waals surface area contributed by atoms with Crippen molar-refractivity contribution in [3.05, 3.63) is 48.0 Å². The molecule has 1 aromatic rings. The molecule has 29 heavy (non-hydrogen) atoms. The van der Waals surface area contributed by atoms with Crippen molar-refractivity contribution >= 4 is 8.32 Å². The molecule has 0 radical (unpaired) electrons. The lowest BCUT2D eigenvalue weighted by atomic mass is 9.76. The number of ether oxygens (including phenoxy) is 1. The van der Waals surface area contributed by atoms with Gasteiger partial charge in [0.2, 0.25) is 0 Å². The summed E-state index contributed by atoms with van der Waals surface area (Å²) in [6.07, 6.45) is 9.32. The fraction of sp³-hybridized carbons (Fsp3) is 0.680. The van der Waals surface area contributed by atoms with E-state index in [4.69, 9.17) is 9.16 Å². The number of hydrogen-bond donors (Lipinski definition) is 1. The fourth-order valence-electron chi connectivity index (χ4n) is 3.72. The average molecular weight is 419 g/mol. The standard InChI is InChI=1S/C25H42O3Si/c1-25(2,3)29(4,5)28-20-23-15-16-24(26)18-22(23)14-10-7-11-17-27-19-21-12-8-6-9-13-21/h6-9,11-13,22-24,26H,10,14-20H2,1-5H3/b11-7-/t22-,23+,24-/m0/s1. The summed E-state index contributed by atoms with van der Waals surface area (Å²) in [5, 5.41) is 10.4. The van der Waals surface area contributed by atoms with Gasteiger partial charge in [-0.1, -0.05) is 63.3 Å². The van der Waals surface area contributed by atoms with Crippen molar-refractivity contribution in [1.29, 1.82) is 0 Å². The van der Waals surface area contributed by atoms with Gasteiger partial charge in [0.25, 0.3) is 0 Å². The second-order valence-electron chi connectivity index (χ2n) is 10.1. The van der Waals surface area contributed by atoms with Crippen LogP contribution in [0.15, 0.2) is 42.5 Å². The van der Waals surface area contributed by atoms with E-state index in [1.54, 1.807) is 0 Å². The highest BCUT2D eigenvalue weighted by Gasteiger charge is 2.39. The third kappa shape index (κ3) is 8.37. The molecule has 1 fully saturated rings. The molecule has 164 valence electrons. The number of rotatable bonds is 10. The minimum atomic E-state index is -1.71. The molecule has 3 nitrogen and oxygen atoms in total. The van der Waals surface area contributed by atoms with Gasteiger partial charge in [-0.25, -0.2) is 0 Å². The van der Waals surface area contributed by atoms with E-state index in [-0.39, 0.29) is 11.1 Å². The van der Waals surface area contributed by atoms with Gasteiger partial charge in [-0.15, -0.1) is 0 Å². The van der Waals surface area contributed by atoms with Crippen LogP contribution in [0.3, 0.4) is 0 Å². The third-order valence-electron chi connectivity index (χ3n) is 6.77. The van der Waals surface area contributed by atoms with Crippen LogP contribution < -0.4 is 0 Å². The van der Waals surface area contributed by atoms with Gasteiger partial charge in [0, 0.05) is 6.61 Å². The smallest absolute Gasteiger partial charge is 0.191 e. The lowest BCUT2D eigenvalue weighted by molar-refractivity contribution is 0.0437. The van der Waals surface area contributed by atoms with Gasteiger partial charge >= 0.3 is 0 Å². The molecule has 3 atom stereocenters. The largest absolute Gasteiger partial charge is 0.417 e. The van der Waals surface area contributed by atoms with E-state index in [2.05, 4.69) is 58.2 Å². The SMILES string of the molecule is CC(C)(C)[Si](C)(C)OC[C@H]1CC[C@H](O)C[C@@H]1CC/C=C\COCc1ccccc1. The van der Waals surface area contributed by atoms with Crippen molar-refractivity contribution in [2.45, 2.75) is 83.7 Å². The van der Waals surface area contributed by atoms with Gasteiger partial charge in [0.15, 0.2) is 8.32 Å². The van der Waals surface area contributed by atoms with Crippen LogP contribution in [-0.2, 0) is 15.8 Å². The van der Waals surface area contributed by atoms with Gasteiger partial charge in [-0.3, -0.25) is 0 Å². The molecule has 0 heterocycles. The fourth-order valence-corrected chi connectivity index (χ4v) is 4.79. The maximum atomic E-state index is 10.2. The lowest BCUT2D eigenvalue weighted by Crippen LogP contribution is -2.43. The Hall–Kier alpha value is -0.943. The molecule has 1 N–H and O–H groups in total. The van der Waals surface area contributed by atoms with Gasteiger partial charge in [0.05, 0.1) is 19.3 Å². The molecular weight excluding hydrogens is 376 g/mol. The van der Waals surface area contributed by atoms with Gasteiger partial charge in [-0.2, -0.15) is 0 Å². The van der Waals surface area contributed by atoms with Crippen molar-refractivity contribution in [3.63, 3.8) is 0 Å². The molecule has 1 aliphatic rings. The minimum Gasteiger partial charge on any atom is -0.417 e. The Kier molecular flexibility index (Phi) is 9.60. The molecule has 1 aliphatic carbocycles. The first-order valence-corrected chi connectivity index (χ1v) is 14.2. The first-order chi connectivity index (χ1) is 13.7. The Morgan fingerprint density at radius 2 is 1.79 bits per heavy atom. The van der Waals surface area contributed by atoms with Crippen LogP contribution in [0.1, 0.15) is 58.4 Å².